The molecule has 0 saturated heterocycles. The maximum absolute atomic E-state index is 7.17. The van der Waals surface area contributed by atoms with Gasteiger partial charge in [0, 0.05) is 50.5 Å². The maximum atomic E-state index is 7.17. The Morgan fingerprint density at radius 3 is 2.20 bits per heavy atom. The topological polar surface area (TPSA) is 38.7 Å². The van der Waals surface area contributed by atoms with Gasteiger partial charge in [0.1, 0.15) is 16.8 Å². The van der Waals surface area contributed by atoms with E-state index in [0.717, 1.165) is 74.3 Å². The van der Waals surface area contributed by atoms with Gasteiger partial charge in [0.2, 0.25) is 17.3 Å². The number of benzene rings is 5. The van der Waals surface area contributed by atoms with E-state index in [1.807, 2.05) is 0 Å². The monoisotopic (exact) mass is 854 g/mol. The minimum atomic E-state index is -1.71. The van der Waals surface area contributed by atoms with Crippen molar-refractivity contribution in [2.75, 3.05) is 0 Å². The molecule has 0 spiro atoms. The molecule has 0 fully saturated rings. The highest BCUT2D eigenvalue weighted by atomic mass is 28.3. The van der Waals surface area contributed by atoms with Crippen molar-refractivity contribution in [2.45, 2.75) is 97.8 Å². The fourth-order valence-corrected chi connectivity index (χ4v) is 12.3. The molecule has 0 amide bonds. The molecule has 6 heteroatoms. The summed E-state index contributed by atoms with van der Waals surface area (Å²) in [6.45, 7) is 26.4. The zero-order chi connectivity index (χ0) is 44.3. The third kappa shape index (κ3) is 6.12. The second kappa shape index (κ2) is 14.8. The number of rotatable bonds is 5. The van der Waals surface area contributed by atoms with Crippen molar-refractivity contribution in [1.82, 2.24) is 9.55 Å². The number of aryl methyl sites for hydroxylation is 3. The molecule has 5 aromatic carbocycles. The number of imidazole rings is 1. The van der Waals surface area contributed by atoms with Gasteiger partial charge in [0.15, 0.2) is 23.0 Å². The lowest BCUT2D eigenvalue weighted by Gasteiger charge is -2.31. The van der Waals surface area contributed by atoms with Gasteiger partial charge in [-0.3, -0.25) is 4.98 Å². The van der Waals surface area contributed by atoms with Crippen molar-refractivity contribution in [2.24, 2.45) is 0 Å². The van der Waals surface area contributed by atoms with Gasteiger partial charge in [0.25, 0.3) is 0 Å². The molecule has 0 radical (unpaired) electrons. The van der Waals surface area contributed by atoms with Crippen molar-refractivity contribution in [3.63, 3.8) is 0 Å². The molecule has 2 unspecified atom stereocenters. The van der Waals surface area contributed by atoms with Gasteiger partial charge in [-0.15, -0.1) is 0 Å². The minimum absolute atomic E-state index is 0.0622. The van der Waals surface area contributed by atoms with Crippen molar-refractivity contribution < 1.29 is 13.6 Å². The lowest BCUT2D eigenvalue weighted by atomic mass is 9.78. The van der Waals surface area contributed by atoms with Crippen molar-refractivity contribution in [3.05, 3.63) is 168 Å². The van der Waals surface area contributed by atoms with Gasteiger partial charge < -0.3 is 4.42 Å². The zero-order valence-corrected chi connectivity index (χ0v) is 39.8. The van der Waals surface area contributed by atoms with Crippen LogP contribution in [0, 0.1) is 13.8 Å². The van der Waals surface area contributed by atoms with Crippen LogP contribution in [-0.4, -0.2) is 17.6 Å². The van der Waals surface area contributed by atoms with Gasteiger partial charge in [-0.2, -0.15) is 13.7 Å². The highest BCUT2D eigenvalue weighted by Crippen LogP contribution is 2.50. The number of allylic oxidation sites excluding steroid dienone is 1. The van der Waals surface area contributed by atoms with Crippen LogP contribution in [0.4, 0.5) is 0 Å². The molecule has 318 valence electrons. The number of hydrogen-bond acceptors (Lipinski definition) is 2. The second-order valence-corrected chi connectivity index (χ2v) is 25.2. The van der Waals surface area contributed by atoms with Crippen LogP contribution in [0.5, 0.6) is 0 Å². The molecule has 6 heterocycles. The molecule has 0 saturated carbocycles. The second-order valence-electron chi connectivity index (χ2n) is 20.1. The first-order chi connectivity index (χ1) is 30.8. The van der Waals surface area contributed by atoms with Crippen LogP contribution in [0.2, 0.25) is 19.6 Å². The molecular weight excluding hydrogens is 797 g/mol. The summed E-state index contributed by atoms with van der Waals surface area (Å²) in [4.78, 5) is 5.29. The Morgan fingerprint density at radius 2 is 1.47 bits per heavy atom. The molecule has 4 aromatic heterocycles. The lowest BCUT2D eigenvalue weighted by Crippen LogP contribution is -2.53. The molecule has 9 aromatic rings. The van der Waals surface area contributed by atoms with Gasteiger partial charge in [0.05, 0.1) is 19.7 Å². The van der Waals surface area contributed by atoms with E-state index in [-0.39, 0.29) is 23.8 Å². The molecule has 11 rings (SSSR count). The van der Waals surface area contributed by atoms with E-state index in [2.05, 4.69) is 202 Å². The third-order valence-corrected chi connectivity index (χ3v) is 16.3. The fraction of sp³-hybridized carbons (Fsp3) is 0.259. The predicted molar refractivity (Wildman–Crippen MR) is 268 cm³/mol. The van der Waals surface area contributed by atoms with Gasteiger partial charge in [-0.25, -0.2) is 0 Å². The minimum Gasteiger partial charge on any atom is -0.455 e. The van der Waals surface area contributed by atoms with Crippen molar-refractivity contribution in [1.29, 1.82) is 0 Å². The van der Waals surface area contributed by atoms with E-state index >= 15 is 0 Å². The van der Waals surface area contributed by atoms with Crippen LogP contribution in [0.3, 0.4) is 0 Å². The van der Waals surface area contributed by atoms with Crippen LogP contribution < -0.4 is 14.3 Å². The molecule has 5 nitrogen and oxygen atoms in total. The average molecular weight is 855 g/mol. The molecule has 2 aliphatic heterocycles. The maximum Gasteiger partial charge on any atom is 0.304 e. The Kier molecular flexibility index (Phi) is 9.37. The van der Waals surface area contributed by atoms with E-state index in [0.29, 0.717) is 0 Å². The molecule has 2 aliphatic rings. The van der Waals surface area contributed by atoms with Crippen LogP contribution in [0.25, 0.3) is 78.1 Å². The number of fused-ring (bicyclic) bond motifs is 15. The van der Waals surface area contributed by atoms with Gasteiger partial charge in [-0.05, 0) is 91.6 Å². The summed E-state index contributed by atoms with van der Waals surface area (Å²) in [6.07, 6.45) is 4.32. The van der Waals surface area contributed by atoms with Crippen molar-refractivity contribution >= 4 is 51.9 Å². The van der Waals surface area contributed by atoms with Crippen LogP contribution >= 0.6 is 0 Å². The summed E-state index contributed by atoms with van der Waals surface area (Å²) in [5, 5.41) is 3.70. The number of furan rings is 1. The third-order valence-electron chi connectivity index (χ3n) is 14.3. The van der Waals surface area contributed by atoms with E-state index in [1.165, 1.54) is 55.5 Å². The summed E-state index contributed by atoms with van der Waals surface area (Å²) in [5.74, 6) is 1.68. The largest absolute Gasteiger partial charge is 0.455 e. The molecule has 2 atom stereocenters. The van der Waals surface area contributed by atoms with Crippen molar-refractivity contribution in [3.8, 4) is 39.5 Å². The first kappa shape index (κ1) is 40.4. The molecule has 0 bridgehead atoms. The van der Waals surface area contributed by atoms with E-state index in [4.69, 9.17) is 16.0 Å². The predicted octanol–water partition coefficient (Wildman–Crippen LogP) is 13.7. The Bertz CT molecular complexity index is 3350. The number of aromatic nitrogens is 4. The average Bonchev–Trinajstić information content (AvgIpc) is 3.83. The molecule has 64 heavy (non-hydrogen) atoms. The summed E-state index contributed by atoms with van der Waals surface area (Å²) in [6, 6.07) is 45.2. The van der Waals surface area contributed by atoms with Gasteiger partial charge >= 0.3 is 5.82 Å². The summed E-state index contributed by atoms with van der Waals surface area (Å²) >= 11 is 0. The lowest BCUT2D eigenvalue weighted by molar-refractivity contribution is -0.704. The fourth-order valence-electron chi connectivity index (χ4n) is 11.2. The number of hydrogen-bond donors (Lipinski definition) is 0. The molecular formula is C58H58N4OSi+2. The standard InChI is InChI=1S/C58H58N4OSi/c1-34(2)48-31-41(39-18-12-11-13-19-39)32-49(35(3)4)56(48)62-54-37(6)59-36(5)30-51(54)61-38(7)55-46(43-20-14-15-21-44(43)50-29-26-42(33-60(50)55)64(8,9)10)27-24-40-25-28-47-45-22-16-17-23-52(45)63-57(47)53(40)58(61)62/h11-23,25-26,28-35,46,55H,7,24,27H2,1-6,8-10H3/q+2. The van der Waals surface area contributed by atoms with Crippen LogP contribution in [0.15, 0.2) is 139 Å². The van der Waals surface area contributed by atoms with Crippen LogP contribution in [-0.2, 0) is 6.42 Å². The smallest absolute Gasteiger partial charge is 0.304 e. The Hall–Kier alpha value is -6.37. The zero-order valence-electron chi connectivity index (χ0n) is 38.8. The molecule has 0 N–H and O–H groups in total. The quantitative estimate of drug-likeness (QED) is 0.128. The summed E-state index contributed by atoms with van der Waals surface area (Å²) < 4.78 is 14.9. The highest BCUT2D eigenvalue weighted by Gasteiger charge is 2.49. The Balaban J connectivity index is 1.34. The van der Waals surface area contributed by atoms with E-state index in [9.17, 15) is 0 Å². The highest BCUT2D eigenvalue weighted by molar-refractivity contribution is 6.88. The Labute approximate surface area is 378 Å². The number of para-hydroxylation sites is 1. The first-order valence-electron chi connectivity index (χ1n) is 23.3. The summed E-state index contributed by atoms with van der Waals surface area (Å²) in [5.41, 5.74) is 19.7. The summed E-state index contributed by atoms with van der Waals surface area (Å²) in [7, 11) is -1.71. The first-order valence-corrected chi connectivity index (χ1v) is 26.8. The van der Waals surface area contributed by atoms with Crippen LogP contribution in [0.1, 0.15) is 91.6 Å². The number of nitrogens with zero attached hydrogens (tertiary/aromatic N) is 4. The Morgan fingerprint density at radius 1 is 0.766 bits per heavy atom. The normalized spacial score (nSPS) is 16.1. The van der Waals surface area contributed by atoms with E-state index < -0.39 is 8.07 Å². The molecule has 0 aliphatic carbocycles. The SMILES string of the molecule is C=C1C2C(CCc3ccc4c(oc5ccccc54)c3-c3n1c1cc(C)nc(C)c1[n+]3-c1c(C(C)C)cc(-c3ccccc3)cc1C(C)C)c1ccccc1-c1ccc([Si](C)(C)C)c[n+]12. The van der Waals surface area contributed by atoms with Gasteiger partial charge in [-0.1, -0.05) is 132 Å². The van der Waals surface area contributed by atoms with E-state index in [1.54, 1.807) is 0 Å². The number of pyridine rings is 2.